The average Bonchev–Trinajstić information content (AvgIpc) is 2.91. The Balaban J connectivity index is 2.41. The summed E-state index contributed by atoms with van der Waals surface area (Å²) >= 11 is 0. The number of fused-ring (bicyclic) bond motifs is 1. The standard InChI is InChI=1S/C20H26O5/c1-12(2)20(19(24)25-13(3)4)10-9-14-5-6-15(11-16(14)20)17(21)7-8-18(22)23/h5-6,11-13H,7-10H2,1-4H3,(H,22,23)/t20-/m0/s1. The molecule has 0 fully saturated rings. The number of hydrogen-bond donors (Lipinski definition) is 1. The van der Waals surface area contributed by atoms with Crippen LogP contribution in [0, 0.1) is 5.92 Å². The molecular weight excluding hydrogens is 320 g/mol. The SMILES string of the molecule is CC(C)OC(=O)[C@]1(C(C)C)CCc2ccc(C(=O)CCC(=O)O)cc21. The van der Waals surface area contributed by atoms with E-state index in [2.05, 4.69) is 0 Å². The Morgan fingerprint density at radius 1 is 1.16 bits per heavy atom. The summed E-state index contributed by atoms with van der Waals surface area (Å²) in [5, 5.41) is 8.76. The van der Waals surface area contributed by atoms with Gasteiger partial charge in [0.15, 0.2) is 5.78 Å². The molecule has 0 unspecified atom stereocenters. The summed E-state index contributed by atoms with van der Waals surface area (Å²) in [6.45, 7) is 7.65. The summed E-state index contributed by atoms with van der Waals surface area (Å²) in [5.41, 5.74) is 1.63. The summed E-state index contributed by atoms with van der Waals surface area (Å²) in [6.07, 6.45) is 0.996. The second-order valence-electron chi connectivity index (χ2n) is 7.27. The number of benzene rings is 1. The Kier molecular flexibility index (Phi) is 5.65. The molecule has 1 N–H and O–H groups in total. The number of carboxylic acid groups (broad SMARTS) is 1. The average molecular weight is 346 g/mol. The molecule has 1 aromatic carbocycles. The molecule has 25 heavy (non-hydrogen) atoms. The van der Waals surface area contributed by atoms with Crippen molar-refractivity contribution in [3.05, 3.63) is 34.9 Å². The van der Waals surface area contributed by atoms with Gasteiger partial charge in [-0.05, 0) is 49.8 Å². The Morgan fingerprint density at radius 3 is 2.40 bits per heavy atom. The number of hydrogen-bond acceptors (Lipinski definition) is 4. The number of ether oxygens (including phenoxy) is 1. The van der Waals surface area contributed by atoms with Gasteiger partial charge in [0.1, 0.15) is 0 Å². The first-order valence-corrected chi connectivity index (χ1v) is 8.78. The van der Waals surface area contributed by atoms with Gasteiger partial charge in [-0.2, -0.15) is 0 Å². The third-order valence-corrected chi connectivity index (χ3v) is 4.96. The highest BCUT2D eigenvalue weighted by Gasteiger charge is 2.49. The zero-order chi connectivity index (χ0) is 18.8. The van der Waals surface area contributed by atoms with Gasteiger partial charge in [-0.3, -0.25) is 14.4 Å². The fourth-order valence-electron chi connectivity index (χ4n) is 3.58. The smallest absolute Gasteiger partial charge is 0.317 e. The van der Waals surface area contributed by atoms with E-state index < -0.39 is 11.4 Å². The van der Waals surface area contributed by atoms with Gasteiger partial charge < -0.3 is 9.84 Å². The van der Waals surface area contributed by atoms with Crippen LogP contribution in [-0.2, 0) is 26.2 Å². The monoisotopic (exact) mass is 346 g/mol. The van der Waals surface area contributed by atoms with Crippen molar-refractivity contribution >= 4 is 17.7 Å². The summed E-state index contributed by atoms with van der Waals surface area (Å²) < 4.78 is 5.53. The molecule has 1 aliphatic carbocycles. The molecule has 136 valence electrons. The second kappa shape index (κ2) is 7.38. The minimum absolute atomic E-state index is 0.0318. The largest absolute Gasteiger partial charge is 0.481 e. The van der Waals surface area contributed by atoms with Crippen LogP contribution in [0.4, 0.5) is 0 Å². The molecule has 0 aliphatic heterocycles. The quantitative estimate of drug-likeness (QED) is 0.603. The predicted octanol–water partition coefficient (Wildman–Crippen LogP) is 3.53. The summed E-state index contributed by atoms with van der Waals surface area (Å²) in [6, 6.07) is 5.39. The van der Waals surface area contributed by atoms with E-state index in [4.69, 9.17) is 9.84 Å². The first-order valence-electron chi connectivity index (χ1n) is 8.78. The molecule has 0 spiro atoms. The van der Waals surface area contributed by atoms with Gasteiger partial charge in [-0.15, -0.1) is 0 Å². The van der Waals surface area contributed by atoms with Crippen molar-refractivity contribution in [2.75, 3.05) is 0 Å². The molecule has 0 saturated carbocycles. The lowest BCUT2D eigenvalue weighted by molar-refractivity contribution is -0.156. The van der Waals surface area contributed by atoms with E-state index in [1.165, 1.54) is 0 Å². The number of carbonyl (C=O) groups is 3. The molecule has 0 bridgehead atoms. The molecule has 2 rings (SSSR count). The molecule has 1 aromatic rings. The molecule has 1 atom stereocenters. The first-order chi connectivity index (χ1) is 11.7. The van der Waals surface area contributed by atoms with Crippen LogP contribution in [0.1, 0.15) is 68.4 Å². The third kappa shape index (κ3) is 3.75. The number of aryl methyl sites for hydroxylation is 1. The molecule has 1 aliphatic rings. The van der Waals surface area contributed by atoms with E-state index in [0.29, 0.717) is 12.0 Å². The minimum Gasteiger partial charge on any atom is -0.481 e. The highest BCUT2D eigenvalue weighted by atomic mass is 16.5. The Hall–Kier alpha value is -2.17. The third-order valence-electron chi connectivity index (χ3n) is 4.96. The van der Waals surface area contributed by atoms with Crippen LogP contribution in [-0.4, -0.2) is 28.9 Å². The molecule has 0 amide bonds. The van der Waals surface area contributed by atoms with E-state index in [1.807, 2.05) is 33.8 Å². The Labute approximate surface area is 148 Å². The maximum absolute atomic E-state index is 12.9. The maximum Gasteiger partial charge on any atom is 0.317 e. The number of carboxylic acids is 1. The van der Waals surface area contributed by atoms with E-state index in [9.17, 15) is 14.4 Å². The van der Waals surface area contributed by atoms with Crippen molar-refractivity contribution in [1.29, 1.82) is 0 Å². The molecule has 0 heterocycles. The Bertz CT molecular complexity index is 689. The Morgan fingerprint density at radius 2 is 1.84 bits per heavy atom. The molecular formula is C20H26O5. The zero-order valence-electron chi connectivity index (χ0n) is 15.3. The fraction of sp³-hybridized carbons (Fsp3) is 0.550. The highest BCUT2D eigenvalue weighted by Crippen LogP contribution is 2.46. The van der Waals surface area contributed by atoms with Crippen molar-refractivity contribution in [1.82, 2.24) is 0 Å². The molecule has 0 aromatic heterocycles. The summed E-state index contributed by atoms with van der Waals surface area (Å²) in [7, 11) is 0. The number of Topliss-reactive ketones (excluding diaryl/α,β-unsaturated/α-hetero) is 1. The molecule has 0 radical (unpaired) electrons. The number of esters is 1. The number of ketones is 1. The normalized spacial score (nSPS) is 19.1. The molecule has 5 nitrogen and oxygen atoms in total. The lowest BCUT2D eigenvalue weighted by atomic mass is 9.72. The van der Waals surface area contributed by atoms with Crippen LogP contribution in [0.2, 0.25) is 0 Å². The fourth-order valence-corrected chi connectivity index (χ4v) is 3.58. The molecule has 0 saturated heterocycles. The van der Waals surface area contributed by atoms with Crippen molar-refractivity contribution in [3.63, 3.8) is 0 Å². The van der Waals surface area contributed by atoms with E-state index >= 15 is 0 Å². The van der Waals surface area contributed by atoms with Gasteiger partial charge in [-0.1, -0.05) is 26.0 Å². The van der Waals surface area contributed by atoms with Gasteiger partial charge in [0.05, 0.1) is 17.9 Å². The van der Waals surface area contributed by atoms with Crippen molar-refractivity contribution in [2.24, 2.45) is 5.92 Å². The van der Waals surface area contributed by atoms with Gasteiger partial charge in [0.2, 0.25) is 0 Å². The van der Waals surface area contributed by atoms with Crippen molar-refractivity contribution < 1.29 is 24.2 Å². The lowest BCUT2D eigenvalue weighted by Crippen LogP contribution is -2.41. The van der Waals surface area contributed by atoms with E-state index in [-0.39, 0.29) is 36.6 Å². The van der Waals surface area contributed by atoms with E-state index in [0.717, 1.165) is 17.5 Å². The van der Waals surface area contributed by atoms with Crippen LogP contribution >= 0.6 is 0 Å². The van der Waals surface area contributed by atoms with Gasteiger partial charge >= 0.3 is 11.9 Å². The minimum atomic E-state index is -0.994. The van der Waals surface area contributed by atoms with Gasteiger partial charge in [0.25, 0.3) is 0 Å². The molecule has 5 heteroatoms. The topological polar surface area (TPSA) is 80.7 Å². The van der Waals surface area contributed by atoms with Crippen LogP contribution in [0.3, 0.4) is 0 Å². The van der Waals surface area contributed by atoms with Crippen molar-refractivity contribution in [2.45, 2.75) is 64.9 Å². The number of carbonyl (C=O) groups excluding carboxylic acids is 2. The van der Waals surface area contributed by atoms with E-state index in [1.54, 1.807) is 12.1 Å². The van der Waals surface area contributed by atoms with Crippen LogP contribution in [0.15, 0.2) is 18.2 Å². The second-order valence-corrected chi connectivity index (χ2v) is 7.27. The van der Waals surface area contributed by atoms with Crippen LogP contribution in [0.25, 0.3) is 0 Å². The zero-order valence-corrected chi connectivity index (χ0v) is 15.3. The maximum atomic E-state index is 12.9. The van der Waals surface area contributed by atoms with Crippen LogP contribution < -0.4 is 0 Å². The number of aliphatic carboxylic acids is 1. The number of rotatable bonds is 7. The predicted molar refractivity (Wildman–Crippen MR) is 93.7 cm³/mol. The first kappa shape index (κ1) is 19.2. The lowest BCUT2D eigenvalue weighted by Gasteiger charge is -2.33. The van der Waals surface area contributed by atoms with Gasteiger partial charge in [-0.25, -0.2) is 0 Å². The van der Waals surface area contributed by atoms with Crippen molar-refractivity contribution in [3.8, 4) is 0 Å². The highest BCUT2D eigenvalue weighted by molar-refractivity contribution is 5.98. The van der Waals surface area contributed by atoms with Gasteiger partial charge in [0, 0.05) is 12.0 Å². The summed E-state index contributed by atoms with van der Waals surface area (Å²) in [5.74, 6) is -1.42. The van der Waals surface area contributed by atoms with Crippen LogP contribution in [0.5, 0.6) is 0 Å². The summed E-state index contributed by atoms with van der Waals surface area (Å²) in [4.78, 5) is 35.9.